The van der Waals surface area contributed by atoms with Gasteiger partial charge in [0.05, 0.1) is 5.75 Å². The summed E-state index contributed by atoms with van der Waals surface area (Å²) in [5.41, 5.74) is 0.830. The Balaban J connectivity index is 1.83. The Bertz CT molecular complexity index is 482. The van der Waals surface area contributed by atoms with E-state index in [1.807, 2.05) is 0 Å². The minimum atomic E-state index is -0.286. The molecule has 0 unspecified atom stereocenters. The molecule has 5 heteroatoms. The molecule has 0 spiro atoms. The monoisotopic (exact) mass is 250 g/mol. The number of Topliss-reactive ketones (excluding diaryl/α,β-unsaturated/α-hetero) is 1. The van der Waals surface area contributed by atoms with Crippen LogP contribution >= 0.6 is 11.8 Å². The predicted molar refractivity (Wildman–Crippen MR) is 64.4 cm³/mol. The van der Waals surface area contributed by atoms with E-state index in [-0.39, 0.29) is 11.6 Å². The molecule has 0 aliphatic carbocycles. The number of aromatic nitrogens is 2. The molecule has 3 nitrogen and oxygen atoms in total. The predicted octanol–water partition coefficient (Wildman–Crippen LogP) is 2.45. The van der Waals surface area contributed by atoms with Gasteiger partial charge in [0.2, 0.25) is 0 Å². The van der Waals surface area contributed by atoms with Crippen molar-refractivity contribution in [1.82, 2.24) is 9.97 Å². The van der Waals surface area contributed by atoms with E-state index in [0.717, 1.165) is 10.7 Å². The summed E-state index contributed by atoms with van der Waals surface area (Å²) in [4.78, 5) is 18.6. The number of ketones is 1. The number of hydrogen-bond acceptors (Lipinski definition) is 3. The zero-order chi connectivity index (χ0) is 12.1. The number of carbonyl (C=O) groups excluding carboxylic acids is 1. The number of thioether (sulfide) groups is 1. The van der Waals surface area contributed by atoms with E-state index in [9.17, 15) is 9.18 Å². The first-order valence-electron chi connectivity index (χ1n) is 5.12. The average Bonchev–Trinajstić information content (AvgIpc) is 2.83. The van der Waals surface area contributed by atoms with Gasteiger partial charge in [0.25, 0.3) is 0 Å². The minimum Gasteiger partial charge on any atom is -0.340 e. The number of carbonyl (C=O) groups is 1. The normalized spacial score (nSPS) is 10.4. The third-order valence-electron chi connectivity index (χ3n) is 2.16. The molecule has 0 aliphatic heterocycles. The smallest absolute Gasteiger partial charge is 0.165 e. The third kappa shape index (κ3) is 3.71. The van der Waals surface area contributed by atoms with Gasteiger partial charge in [-0.15, -0.1) is 0 Å². The van der Waals surface area contributed by atoms with E-state index < -0.39 is 0 Å². The Morgan fingerprint density at radius 3 is 2.76 bits per heavy atom. The van der Waals surface area contributed by atoms with Crippen LogP contribution in [0.15, 0.2) is 41.8 Å². The number of nitrogens with zero attached hydrogens (tertiary/aromatic N) is 1. The molecule has 0 atom stereocenters. The molecule has 0 aliphatic rings. The number of rotatable bonds is 5. The van der Waals surface area contributed by atoms with Crippen LogP contribution in [0.5, 0.6) is 0 Å². The van der Waals surface area contributed by atoms with Crippen LogP contribution in [0.2, 0.25) is 0 Å². The summed E-state index contributed by atoms with van der Waals surface area (Å²) in [6, 6.07) is 5.99. The van der Waals surface area contributed by atoms with E-state index in [0.29, 0.717) is 12.2 Å². The molecule has 0 bridgehead atoms. The summed E-state index contributed by atoms with van der Waals surface area (Å²) in [6.45, 7) is 0. The lowest BCUT2D eigenvalue weighted by atomic mass is 10.1. The molecule has 2 rings (SSSR count). The molecule has 2 aromatic rings. The van der Waals surface area contributed by atoms with Gasteiger partial charge in [0.15, 0.2) is 5.16 Å². The van der Waals surface area contributed by atoms with Crippen molar-refractivity contribution in [3.8, 4) is 0 Å². The first-order chi connectivity index (χ1) is 8.24. The first-order valence-corrected chi connectivity index (χ1v) is 6.11. The van der Waals surface area contributed by atoms with Gasteiger partial charge in [-0.2, -0.15) is 0 Å². The highest BCUT2D eigenvalue weighted by atomic mass is 32.2. The maximum absolute atomic E-state index is 12.7. The van der Waals surface area contributed by atoms with E-state index in [2.05, 4.69) is 9.97 Å². The fraction of sp³-hybridized carbons (Fsp3) is 0.167. The van der Waals surface area contributed by atoms with Crippen LogP contribution in [-0.2, 0) is 11.2 Å². The summed E-state index contributed by atoms with van der Waals surface area (Å²) < 4.78 is 12.7. The summed E-state index contributed by atoms with van der Waals surface area (Å²) in [7, 11) is 0. The highest BCUT2D eigenvalue weighted by molar-refractivity contribution is 7.99. The van der Waals surface area contributed by atoms with Crippen LogP contribution in [0.4, 0.5) is 4.39 Å². The van der Waals surface area contributed by atoms with Crippen molar-refractivity contribution < 1.29 is 9.18 Å². The van der Waals surface area contributed by atoms with Gasteiger partial charge in [-0.1, -0.05) is 23.9 Å². The van der Waals surface area contributed by atoms with Gasteiger partial charge < -0.3 is 4.98 Å². The molecule has 1 aromatic heterocycles. The zero-order valence-corrected chi connectivity index (χ0v) is 9.84. The Morgan fingerprint density at radius 2 is 2.12 bits per heavy atom. The molecule has 1 N–H and O–H groups in total. The minimum absolute atomic E-state index is 0.0954. The van der Waals surface area contributed by atoms with Gasteiger partial charge in [-0.05, 0) is 17.7 Å². The number of benzene rings is 1. The fourth-order valence-electron chi connectivity index (χ4n) is 1.36. The van der Waals surface area contributed by atoms with E-state index >= 15 is 0 Å². The molecule has 17 heavy (non-hydrogen) atoms. The van der Waals surface area contributed by atoms with Crippen LogP contribution in [0.3, 0.4) is 0 Å². The van der Waals surface area contributed by atoms with Crippen molar-refractivity contribution in [1.29, 1.82) is 0 Å². The Morgan fingerprint density at radius 1 is 1.35 bits per heavy atom. The second-order valence-corrected chi connectivity index (χ2v) is 4.49. The second-order valence-electron chi connectivity index (χ2n) is 3.52. The number of aromatic amines is 1. The van der Waals surface area contributed by atoms with Crippen molar-refractivity contribution in [3.05, 3.63) is 48.0 Å². The summed E-state index contributed by atoms with van der Waals surface area (Å²) in [5.74, 6) is 0.175. The molecule has 0 fully saturated rings. The molecular weight excluding hydrogens is 239 g/mol. The lowest BCUT2D eigenvalue weighted by Gasteiger charge is -2.00. The molecule has 0 saturated heterocycles. The topological polar surface area (TPSA) is 45.8 Å². The fourth-order valence-corrected chi connectivity index (χ4v) is 2.05. The standard InChI is InChI=1S/C12H11FN2OS/c13-10-3-1-9(2-4-10)7-11(16)8-17-12-14-5-6-15-12/h1-6H,7-8H2,(H,14,15). The summed E-state index contributed by atoms with van der Waals surface area (Å²) >= 11 is 1.37. The largest absolute Gasteiger partial charge is 0.340 e. The van der Waals surface area contributed by atoms with Gasteiger partial charge in [0, 0.05) is 18.8 Å². The van der Waals surface area contributed by atoms with Crippen LogP contribution < -0.4 is 0 Å². The maximum atomic E-state index is 12.7. The number of imidazole rings is 1. The van der Waals surface area contributed by atoms with Gasteiger partial charge in [0.1, 0.15) is 11.6 Å². The molecule has 0 amide bonds. The molecule has 88 valence electrons. The molecular formula is C12H11FN2OS. The molecule has 0 saturated carbocycles. The maximum Gasteiger partial charge on any atom is 0.165 e. The highest BCUT2D eigenvalue weighted by Gasteiger charge is 2.06. The van der Waals surface area contributed by atoms with Crippen LogP contribution in [-0.4, -0.2) is 21.5 Å². The Labute approximate surface area is 102 Å². The first kappa shape index (κ1) is 11.9. The number of hydrogen-bond donors (Lipinski definition) is 1. The van der Waals surface area contributed by atoms with E-state index in [1.54, 1.807) is 24.5 Å². The highest BCUT2D eigenvalue weighted by Crippen LogP contribution is 2.13. The van der Waals surface area contributed by atoms with Gasteiger partial charge >= 0.3 is 0 Å². The number of halogens is 1. The lowest BCUT2D eigenvalue weighted by molar-refractivity contribution is -0.116. The molecule has 0 radical (unpaired) electrons. The molecule has 1 aromatic carbocycles. The van der Waals surface area contributed by atoms with Crippen molar-refractivity contribution >= 4 is 17.5 Å². The zero-order valence-electron chi connectivity index (χ0n) is 9.02. The summed E-state index contributed by atoms with van der Waals surface area (Å²) in [5, 5.41) is 0.734. The van der Waals surface area contributed by atoms with Crippen molar-refractivity contribution in [3.63, 3.8) is 0 Å². The third-order valence-corrected chi connectivity index (χ3v) is 3.12. The van der Waals surface area contributed by atoms with Crippen molar-refractivity contribution in [2.45, 2.75) is 11.6 Å². The lowest BCUT2D eigenvalue weighted by Crippen LogP contribution is -2.05. The number of H-pyrrole nitrogens is 1. The quantitative estimate of drug-likeness (QED) is 0.829. The van der Waals surface area contributed by atoms with E-state index in [4.69, 9.17) is 0 Å². The average molecular weight is 250 g/mol. The van der Waals surface area contributed by atoms with Crippen LogP contribution in [0, 0.1) is 5.82 Å². The van der Waals surface area contributed by atoms with Crippen LogP contribution in [0.25, 0.3) is 0 Å². The van der Waals surface area contributed by atoms with Crippen molar-refractivity contribution in [2.24, 2.45) is 0 Å². The van der Waals surface area contributed by atoms with Crippen molar-refractivity contribution in [2.75, 3.05) is 5.75 Å². The Hall–Kier alpha value is -1.62. The Kier molecular flexibility index (Phi) is 3.93. The SMILES string of the molecule is O=C(CSc1ncc[nH]1)Cc1ccc(F)cc1. The van der Waals surface area contributed by atoms with Gasteiger partial charge in [-0.3, -0.25) is 4.79 Å². The second kappa shape index (κ2) is 5.63. The molecule has 1 heterocycles. The number of nitrogens with one attached hydrogen (secondary N) is 1. The van der Waals surface area contributed by atoms with Gasteiger partial charge in [-0.25, -0.2) is 9.37 Å². The van der Waals surface area contributed by atoms with Crippen LogP contribution in [0.1, 0.15) is 5.56 Å². The van der Waals surface area contributed by atoms with E-state index in [1.165, 1.54) is 23.9 Å². The summed E-state index contributed by atoms with van der Waals surface area (Å²) in [6.07, 6.45) is 3.69.